The highest BCUT2D eigenvalue weighted by Gasteiger charge is 2.52. The van der Waals surface area contributed by atoms with Crippen molar-refractivity contribution in [2.24, 2.45) is 5.41 Å². The highest BCUT2D eigenvalue weighted by atomic mass is 15.2. The van der Waals surface area contributed by atoms with Crippen molar-refractivity contribution in [3.8, 4) is 0 Å². The van der Waals surface area contributed by atoms with Gasteiger partial charge in [-0.25, -0.2) is 0 Å². The van der Waals surface area contributed by atoms with Crippen LogP contribution in [0.25, 0.3) is 0 Å². The molecule has 2 heteroatoms. The van der Waals surface area contributed by atoms with Gasteiger partial charge in [0.15, 0.2) is 0 Å². The van der Waals surface area contributed by atoms with Gasteiger partial charge in [0.25, 0.3) is 0 Å². The van der Waals surface area contributed by atoms with E-state index >= 15 is 0 Å². The largest absolute Gasteiger partial charge is 0.317 e. The SMILES string of the molecule is c1ccc(C2(N3CCCC3)CCC3(CCNCC3)C2)cc1. The molecule has 3 aliphatic rings. The monoisotopic (exact) mass is 284 g/mol. The van der Waals surface area contributed by atoms with Gasteiger partial charge in [0.05, 0.1) is 0 Å². The third kappa shape index (κ3) is 2.33. The molecule has 1 spiro atoms. The number of hydrogen-bond acceptors (Lipinski definition) is 2. The van der Waals surface area contributed by atoms with E-state index in [0.29, 0.717) is 11.0 Å². The Morgan fingerprint density at radius 3 is 2.29 bits per heavy atom. The van der Waals surface area contributed by atoms with Gasteiger partial charge in [0.1, 0.15) is 0 Å². The van der Waals surface area contributed by atoms with Crippen molar-refractivity contribution >= 4 is 0 Å². The Morgan fingerprint density at radius 2 is 1.57 bits per heavy atom. The van der Waals surface area contributed by atoms with Crippen LogP contribution in [0.1, 0.15) is 50.5 Å². The normalized spacial score (nSPS) is 32.8. The number of rotatable bonds is 2. The molecule has 0 radical (unpaired) electrons. The summed E-state index contributed by atoms with van der Waals surface area (Å²) in [5.74, 6) is 0. The average Bonchev–Trinajstić information content (AvgIpc) is 3.19. The van der Waals surface area contributed by atoms with Crippen LogP contribution in [0.2, 0.25) is 0 Å². The Morgan fingerprint density at radius 1 is 0.857 bits per heavy atom. The standard InChI is InChI=1S/C19H28N2/c1-2-6-17(7-3-1)19(21-14-4-5-15-21)9-8-18(16-19)10-12-20-13-11-18/h1-3,6-7,20H,4-5,8-16H2. The lowest BCUT2D eigenvalue weighted by Gasteiger charge is -2.42. The Hall–Kier alpha value is -0.860. The van der Waals surface area contributed by atoms with E-state index in [9.17, 15) is 0 Å². The minimum Gasteiger partial charge on any atom is -0.317 e. The first kappa shape index (κ1) is 13.8. The zero-order chi connectivity index (χ0) is 14.2. The minimum absolute atomic E-state index is 0.342. The summed E-state index contributed by atoms with van der Waals surface area (Å²) >= 11 is 0. The van der Waals surface area contributed by atoms with Crippen LogP contribution in [0.4, 0.5) is 0 Å². The molecule has 4 rings (SSSR count). The summed E-state index contributed by atoms with van der Waals surface area (Å²) in [4.78, 5) is 2.83. The van der Waals surface area contributed by atoms with E-state index in [1.54, 1.807) is 5.56 Å². The lowest BCUT2D eigenvalue weighted by atomic mass is 9.74. The quantitative estimate of drug-likeness (QED) is 0.894. The van der Waals surface area contributed by atoms with Crippen molar-refractivity contribution in [3.63, 3.8) is 0 Å². The second-order valence-electron chi connectivity index (χ2n) is 7.52. The van der Waals surface area contributed by atoms with Crippen molar-refractivity contribution in [1.29, 1.82) is 0 Å². The Bertz CT molecular complexity index is 472. The molecule has 1 aromatic carbocycles. The molecule has 1 unspecified atom stereocenters. The lowest BCUT2D eigenvalue weighted by molar-refractivity contribution is 0.0918. The maximum Gasteiger partial charge on any atom is 0.0466 e. The van der Waals surface area contributed by atoms with E-state index in [2.05, 4.69) is 40.5 Å². The third-order valence-electron chi connectivity index (χ3n) is 6.42. The highest BCUT2D eigenvalue weighted by Crippen LogP contribution is 2.56. The second kappa shape index (κ2) is 5.40. The molecule has 1 N–H and O–H groups in total. The fourth-order valence-corrected chi connectivity index (χ4v) is 5.25. The van der Waals surface area contributed by atoms with Gasteiger partial charge in [-0.2, -0.15) is 0 Å². The highest BCUT2D eigenvalue weighted by molar-refractivity contribution is 5.28. The summed E-state index contributed by atoms with van der Waals surface area (Å²) in [5, 5.41) is 3.56. The van der Waals surface area contributed by atoms with Crippen LogP contribution in [-0.2, 0) is 5.54 Å². The average molecular weight is 284 g/mol. The van der Waals surface area contributed by atoms with E-state index in [-0.39, 0.29) is 0 Å². The summed E-state index contributed by atoms with van der Waals surface area (Å²) in [5.41, 5.74) is 2.54. The van der Waals surface area contributed by atoms with E-state index in [1.165, 1.54) is 71.1 Å². The number of benzene rings is 1. The summed E-state index contributed by atoms with van der Waals surface area (Å²) in [6, 6.07) is 11.4. The molecule has 0 amide bonds. The predicted molar refractivity (Wildman–Crippen MR) is 87.3 cm³/mol. The van der Waals surface area contributed by atoms with Gasteiger partial charge in [0.2, 0.25) is 0 Å². The second-order valence-corrected chi connectivity index (χ2v) is 7.52. The maximum absolute atomic E-state index is 3.56. The molecule has 21 heavy (non-hydrogen) atoms. The molecule has 1 aliphatic carbocycles. The molecule has 2 aliphatic heterocycles. The molecule has 0 aromatic heterocycles. The molecule has 1 aromatic rings. The van der Waals surface area contributed by atoms with Crippen molar-refractivity contribution in [2.45, 2.75) is 50.5 Å². The summed E-state index contributed by atoms with van der Waals surface area (Å²) in [7, 11) is 0. The molecule has 1 atom stereocenters. The number of nitrogens with zero attached hydrogens (tertiary/aromatic N) is 1. The molecule has 1 saturated carbocycles. The Balaban J connectivity index is 1.68. The zero-order valence-electron chi connectivity index (χ0n) is 13.1. The van der Waals surface area contributed by atoms with Gasteiger partial charge in [-0.15, -0.1) is 0 Å². The van der Waals surface area contributed by atoms with Crippen molar-refractivity contribution < 1.29 is 0 Å². The molecule has 2 heterocycles. The molecular weight excluding hydrogens is 256 g/mol. The van der Waals surface area contributed by atoms with Gasteiger partial charge in [0, 0.05) is 5.54 Å². The van der Waals surface area contributed by atoms with E-state index in [4.69, 9.17) is 0 Å². The van der Waals surface area contributed by atoms with Crippen LogP contribution in [0.5, 0.6) is 0 Å². The Kier molecular flexibility index (Phi) is 3.55. The van der Waals surface area contributed by atoms with E-state index < -0.39 is 0 Å². The number of nitrogens with one attached hydrogen (secondary N) is 1. The maximum atomic E-state index is 3.56. The molecule has 114 valence electrons. The van der Waals surface area contributed by atoms with E-state index in [1.807, 2.05) is 0 Å². The summed E-state index contributed by atoms with van der Waals surface area (Å²) < 4.78 is 0. The smallest absolute Gasteiger partial charge is 0.0466 e. The fraction of sp³-hybridized carbons (Fsp3) is 0.684. The Labute approximate surface area is 128 Å². The first-order valence-electron chi connectivity index (χ1n) is 8.85. The molecule has 2 saturated heterocycles. The third-order valence-corrected chi connectivity index (χ3v) is 6.42. The topological polar surface area (TPSA) is 15.3 Å². The minimum atomic E-state index is 0.342. The van der Waals surface area contributed by atoms with Crippen LogP contribution >= 0.6 is 0 Å². The number of hydrogen-bond donors (Lipinski definition) is 1. The first-order chi connectivity index (χ1) is 10.3. The van der Waals surface area contributed by atoms with E-state index in [0.717, 1.165) is 0 Å². The first-order valence-corrected chi connectivity index (χ1v) is 8.85. The molecular formula is C19H28N2. The number of likely N-dealkylation sites (tertiary alicyclic amines) is 1. The van der Waals surface area contributed by atoms with Gasteiger partial charge in [-0.05, 0) is 82.1 Å². The van der Waals surface area contributed by atoms with Crippen molar-refractivity contribution in [3.05, 3.63) is 35.9 Å². The van der Waals surface area contributed by atoms with Gasteiger partial charge in [-0.3, -0.25) is 4.90 Å². The molecule has 3 fully saturated rings. The van der Waals surface area contributed by atoms with Crippen LogP contribution in [-0.4, -0.2) is 31.1 Å². The van der Waals surface area contributed by atoms with Crippen molar-refractivity contribution in [1.82, 2.24) is 10.2 Å². The van der Waals surface area contributed by atoms with Gasteiger partial charge < -0.3 is 5.32 Å². The zero-order valence-corrected chi connectivity index (χ0v) is 13.1. The van der Waals surface area contributed by atoms with Crippen LogP contribution in [0.3, 0.4) is 0 Å². The van der Waals surface area contributed by atoms with Crippen LogP contribution < -0.4 is 5.32 Å². The molecule has 0 bridgehead atoms. The summed E-state index contributed by atoms with van der Waals surface area (Å²) in [6.45, 7) is 5.07. The summed E-state index contributed by atoms with van der Waals surface area (Å²) in [6.07, 6.45) is 9.75. The van der Waals surface area contributed by atoms with Gasteiger partial charge in [-0.1, -0.05) is 30.3 Å². The fourth-order valence-electron chi connectivity index (χ4n) is 5.25. The molecule has 2 nitrogen and oxygen atoms in total. The van der Waals surface area contributed by atoms with Gasteiger partial charge >= 0.3 is 0 Å². The van der Waals surface area contributed by atoms with Crippen LogP contribution in [0, 0.1) is 5.41 Å². The lowest BCUT2D eigenvalue weighted by Crippen LogP contribution is -2.44. The number of piperidine rings is 1. The van der Waals surface area contributed by atoms with Crippen molar-refractivity contribution in [2.75, 3.05) is 26.2 Å². The van der Waals surface area contributed by atoms with Crippen LogP contribution in [0.15, 0.2) is 30.3 Å². The predicted octanol–water partition coefficient (Wildman–Crippen LogP) is 3.53.